The second-order valence-corrected chi connectivity index (χ2v) is 6.00. The van der Waals surface area contributed by atoms with Crippen molar-refractivity contribution in [2.24, 2.45) is 0 Å². The van der Waals surface area contributed by atoms with Gasteiger partial charge in [-0.05, 0) is 24.3 Å². The molecule has 1 amide bonds. The third-order valence-electron chi connectivity index (χ3n) is 3.80. The zero-order chi connectivity index (χ0) is 17.4. The predicted octanol–water partition coefficient (Wildman–Crippen LogP) is 2.72. The third kappa shape index (κ3) is 3.03. The lowest BCUT2D eigenvalue weighted by Crippen LogP contribution is -2.14. The molecule has 3 heterocycles. The summed E-state index contributed by atoms with van der Waals surface area (Å²) in [6, 6.07) is 11.7. The number of carbonyl (C=O) groups is 1. The molecule has 25 heavy (non-hydrogen) atoms. The number of amides is 1. The lowest BCUT2D eigenvalue weighted by Gasteiger charge is -2.04. The molecule has 0 spiro atoms. The first-order chi connectivity index (χ1) is 12.1. The largest absolute Gasteiger partial charge is 0.423 e. The van der Waals surface area contributed by atoms with Crippen molar-refractivity contribution >= 4 is 34.4 Å². The van der Waals surface area contributed by atoms with Gasteiger partial charge in [0, 0.05) is 38.2 Å². The number of benzene rings is 1. The van der Waals surface area contributed by atoms with Crippen LogP contribution in [0.3, 0.4) is 0 Å². The zero-order valence-corrected chi connectivity index (χ0v) is 13.9. The molecule has 0 saturated heterocycles. The minimum atomic E-state index is -0.130. The Kier molecular flexibility index (Phi) is 3.61. The number of nitrogens with zero attached hydrogens (tertiary/aromatic N) is 4. The van der Waals surface area contributed by atoms with Gasteiger partial charge in [-0.2, -0.15) is 4.98 Å². The number of fused-ring (bicyclic) bond motifs is 2. The van der Waals surface area contributed by atoms with Crippen molar-refractivity contribution in [3.8, 4) is 0 Å². The van der Waals surface area contributed by atoms with Gasteiger partial charge in [0.25, 0.3) is 6.01 Å². The maximum absolute atomic E-state index is 12.3. The fourth-order valence-corrected chi connectivity index (χ4v) is 2.62. The molecular weight excluding hydrogens is 318 g/mol. The molecule has 0 saturated carbocycles. The highest BCUT2D eigenvalue weighted by molar-refractivity contribution is 5.94. The Morgan fingerprint density at radius 3 is 2.92 bits per heavy atom. The number of rotatable bonds is 4. The molecule has 4 rings (SSSR count). The monoisotopic (exact) mass is 335 g/mol. The predicted molar refractivity (Wildman–Crippen MR) is 95.9 cm³/mol. The summed E-state index contributed by atoms with van der Waals surface area (Å²) in [7, 11) is 3.73. The lowest BCUT2D eigenvalue weighted by molar-refractivity contribution is -0.115. The van der Waals surface area contributed by atoms with Crippen LogP contribution in [0.25, 0.3) is 16.7 Å². The topological polar surface area (TPSA) is 75.7 Å². The first-order valence-corrected chi connectivity index (χ1v) is 7.89. The van der Waals surface area contributed by atoms with E-state index in [-0.39, 0.29) is 12.3 Å². The van der Waals surface area contributed by atoms with Crippen LogP contribution in [-0.4, -0.2) is 34.4 Å². The Morgan fingerprint density at radius 2 is 2.12 bits per heavy atom. The van der Waals surface area contributed by atoms with Crippen LogP contribution in [0, 0.1) is 0 Å². The molecule has 1 N–H and O–H groups in total. The first-order valence-electron chi connectivity index (χ1n) is 7.89. The molecule has 4 aromatic rings. The second kappa shape index (κ2) is 5.94. The molecule has 0 aliphatic carbocycles. The molecule has 7 heteroatoms. The highest BCUT2D eigenvalue weighted by Gasteiger charge is 2.11. The maximum Gasteiger partial charge on any atom is 0.297 e. The number of carbonyl (C=O) groups excluding carboxylic acids is 1. The van der Waals surface area contributed by atoms with Gasteiger partial charge in [-0.3, -0.25) is 4.79 Å². The molecular formula is C18H17N5O2. The second-order valence-electron chi connectivity index (χ2n) is 6.00. The van der Waals surface area contributed by atoms with Gasteiger partial charge < -0.3 is 19.0 Å². The van der Waals surface area contributed by atoms with Crippen LogP contribution in [0.15, 0.2) is 53.2 Å². The number of pyridine rings is 1. The van der Waals surface area contributed by atoms with E-state index in [0.29, 0.717) is 17.3 Å². The third-order valence-corrected chi connectivity index (χ3v) is 3.80. The van der Waals surface area contributed by atoms with Crippen molar-refractivity contribution in [3.05, 3.63) is 54.5 Å². The van der Waals surface area contributed by atoms with Crippen molar-refractivity contribution in [2.75, 3.05) is 24.3 Å². The Morgan fingerprint density at radius 1 is 1.24 bits per heavy atom. The molecule has 0 aliphatic heterocycles. The minimum absolute atomic E-state index is 0.130. The average molecular weight is 335 g/mol. The lowest BCUT2D eigenvalue weighted by atomic mass is 10.2. The van der Waals surface area contributed by atoms with E-state index in [1.54, 1.807) is 11.0 Å². The fourth-order valence-electron chi connectivity index (χ4n) is 2.62. The van der Waals surface area contributed by atoms with E-state index in [0.717, 1.165) is 16.9 Å². The number of aromatic nitrogens is 3. The normalized spacial score (nSPS) is 11.1. The Bertz CT molecular complexity index is 1030. The van der Waals surface area contributed by atoms with Gasteiger partial charge >= 0.3 is 0 Å². The Balaban J connectivity index is 1.50. The van der Waals surface area contributed by atoms with Gasteiger partial charge in [-0.25, -0.2) is 4.98 Å². The molecule has 7 nitrogen and oxygen atoms in total. The summed E-state index contributed by atoms with van der Waals surface area (Å²) in [6.45, 7) is 0. The number of oxazole rings is 1. The van der Waals surface area contributed by atoms with Gasteiger partial charge in [0.05, 0.1) is 12.1 Å². The molecule has 3 aromatic heterocycles. The van der Waals surface area contributed by atoms with E-state index < -0.39 is 0 Å². The molecule has 0 unspecified atom stereocenters. The minimum Gasteiger partial charge on any atom is -0.423 e. The summed E-state index contributed by atoms with van der Waals surface area (Å²) in [4.78, 5) is 22.9. The Hall–Kier alpha value is -3.35. The summed E-state index contributed by atoms with van der Waals surface area (Å²) in [5.41, 5.74) is 3.60. The fraction of sp³-hybridized carbons (Fsp3) is 0.167. The quantitative estimate of drug-likeness (QED) is 0.620. The first kappa shape index (κ1) is 15.2. The van der Waals surface area contributed by atoms with Crippen LogP contribution in [-0.2, 0) is 11.2 Å². The van der Waals surface area contributed by atoms with E-state index in [1.807, 2.05) is 61.2 Å². The van der Waals surface area contributed by atoms with E-state index in [1.165, 1.54) is 0 Å². The van der Waals surface area contributed by atoms with Crippen LogP contribution in [0.1, 0.15) is 5.69 Å². The smallest absolute Gasteiger partial charge is 0.297 e. The molecule has 0 atom stereocenters. The summed E-state index contributed by atoms with van der Waals surface area (Å²) in [6.07, 6.45) is 3.97. The van der Waals surface area contributed by atoms with Gasteiger partial charge in [-0.1, -0.05) is 6.07 Å². The number of nitrogens with one attached hydrogen (secondary N) is 1. The van der Waals surface area contributed by atoms with Gasteiger partial charge in [0.2, 0.25) is 5.91 Å². The molecule has 126 valence electrons. The van der Waals surface area contributed by atoms with E-state index in [2.05, 4.69) is 15.3 Å². The van der Waals surface area contributed by atoms with Crippen molar-refractivity contribution in [1.29, 1.82) is 0 Å². The summed E-state index contributed by atoms with van der Waals surface area (Å²) in [5.74, 6) is -0.130. The van der Waals surface area contributed by atoms with Crippen LogP contribution in [0.4, 0.5) is 11.7 Å². The average Bonchev–Trinajstić information content (AvgIpc) is 3.17. The molecule has 1 aromatic carbocycles. The van der Waals surface area contributed by atoms with E-state index in [4.69, 9.17) is 4.42 Å². The van der Waals surface area contributed by atoms with Crippen LogP contribution in [0.2, 0.25) is 0 Å². The van der Waals surface area contributed by atoms with E-state index >= 15 is 0 Å². The SMILES string of the molecule is CN(C)c1nc2ccc(NC(=O)Cc3cn4ccccc4n3)cc2o1. The number of imidazole rings is 1. The van der Waals surface area contributed by atoms with Crippen molar-refractivity contribution < 1.29 is 9.21 Å². The maximum atomic E-state index is 12.3. The van der Waals surface area contributed by atoms with Gasteiger partial charge in [0.1, 0.15) is 11.2 Å². The van der Waals surface area contributed by atoms with Crippen LogP contribution in [0.5, 0.6) is 0 Å². The van der Waals surface area contributed by atoms with Gasteiger partial charge in [-0.15, -0.1) is 0 Å². The van der Waals surface area contributed by atoms with Gasteiger partial charge in [0.15, 0.2) is 5.58 Å². The number of hydrogen-bond acceptors (Lipinski definition) is 5. The standard InChI is InChI=1S/C18H17N5O2/c1-22(2)18-21-14-7-6-12(9-15(14)25-18)20-17(24)10-13-11-23-8-4-3-5-16(23)19-13/h3-9,11H,10H2,1-2H3,(H,20,24). The Labute approximate surface area is 143 Å². The van der Waals surface area contributed by atoms with E-state index in [9.17, 15) is 4.79 Å². The number of hydrogen-bond donors (Lipinski definition) is 1. The molecule has 0 aliphatic rings. The van der Waals surface area contributed by atoms with Crippen LogP contribution < -0.4 is 10.2 Å². The van der Waals surface area contributed by atoms with Crippen molar-refractivity contribution in [2.45, 2.75) is 6.42 Å². The highest BCUT2D eigenvalue weighted by Crippen LogP contribution is 2.23. The van der Waals surface area contributed by atoms with Crippen LogP contribution >= 0.6 is 0 Å². The van der Waals surface area contributed by atoms with Crippen molar-refractivity contribution in [3.63, 3.8) is 0 Å². The van der Waals surface area contributed by atoms with Crippen molar-refractivity contribution in [1.82, 2.24) is 14.4 Å². The molecule has 0 bridgehead atoms. The summed E-state index contributed by atoms with van der Waals surface area (Å²) < 4.78 is 7.55. The summed E-state index contributed by atoms with van der Waals surface area (Å²) in [5, 5.41) is 2.88. The summed E-state index contributed by atoms with van der Waals surface area (Å²) >= 11 is 0. The highest BCUT2D eigenvalue weighted by atomic mass is 16.4. The molecule has 0 fully saturated rings. The number of anilines is 2. The molecule has 0 radical (unpaired) electrons. The zero-order valence-electron chi connectivity index (χ0n) is 13.9.